The van der Waals surface area contributed by atoms with Crippen LogP contribution in [0.25, 0.3) is 6.08 Å². The van der Waals surface area contributed by atoms with Crippen molar-refractivity contribution in [2.75, 3.05) is 27.4 Å². The molecule has 2 heterocycles. The predicted molar refractivity (Wildman–Crippen MR) is 150 cm³/mol. The van der Waals surface area contributed by atoms with Gasteiger partial charge in [-0.3, -0.25) is 9.36 Å². The third kappa shape index (κ3) is 5.15. The number of carbonyl (C=O) groups is 1. The van der Waals surface area contributed by atoms with E-state index in [0.717, 1.165) is 16.9 Å². The molecule has 0 N–H and O–H groups in total. The fourth-order valence-electron chi connectivity index (χ4n) is 4.35. The first-order valence-electron chi connectivity index (χ1n) is 12.1. The minimum Gasteiger partial charge on any atom is -0.496 e. The van der Waals surface area contributed by atoms with Gasteiger partial charge >= 0.3 is 5.97 Å². The number of aromatic nitrogens is 1. The number of benzene rings is 2. The van der Waals surface area contributed by atoms with Gasteiger partial charge in [-0.2, -0.15) is 0 Å². The molecule has 0 saturated carbocycles. The van der Waals surface area contributed by atoms with E-state index in [9.17, 15) is 9.59 Å². The Labute approximate surface area is 233 Å². The van der Waals surface area contributed by atoms with Crippen molar-refractivity contribution in [1.29, 1.82) is 0 Å². The number of fused-ring (bicyclic) bond motifs is 1. The Hall–Kier alpha value is -3.37. The first-order valence-corrected chi connectivity index (χ1v) is 13.7. The molecule has 1 aliphatic rings. The van der Waals surface area contributed by atoms with Crippen molar-refractivity contribution in [2.45, 2.75) is 33.7 Å². The average molecular weight is 602 g/mol. The topological polar surface area (TPSA) is 88.4 Å². The number of rotatable bonds is 8. The van der Waals surface area contributed by atoms with Gasteiger partial charge in [0.25, 0.3) is 5.56 Å². The fraction of sp³-hybridized carbons (Fsp3) is 0.321. The predicted octanol–water partition coefficient (Wildman–Crippen LogP) is 4.29. The molecule has 0 bridgehead atoms. The van der Waals surface area contributed by atoms with Gasteiger partial charge in [0.2, 0.25) is 0 Å². The summed E-state index contributed by atoms with van der Waals surface area (Å²) in [6.07, 6.45) is 1.81. The summed E-state index contributed by atoms with van der Waals surface area (Å²) in [7, 11) is 3.16. The highest BCUT2D eigenvalue weighted by Gasteiger charge is 2.35. The van der Waals surface area contributed by atoms with Crippen LogP contribution in [-0.2, 0) is 9.53 Å². The second kappa shape index (κ2) is 11.6. The number of hydrogen-bond acceptors (Lipinski definition) is 8. The minimum absolute atomic E-state index is 0.190. The SMILES string of the molecule is CCOC(=O)C1=C(C)N=c2s/c(=C/c3ccc(C)c(OC)c3)c(=O)n2[C@H]1c1cc(OC)c(OCC)cc1Br. The average Bonchev–Trinajstić information content (AvgIpc) is 3.19. The molecule has 38 heavy (non-hydrogen) atoms. The number of halogens is 1. The molecule has 8 nitrogen and oxygen atoms in total. The second-order valence-corrected chi connectivity index (χ2v) is 10.4. The van der Waals surface area contributed by atoms with Gasteiger partial charge in [0.05, 0.1) is 49.3 Å². The molecule has 10 heteroatoms. The van der Waals surface area contributed by atoms with E-state index in [1.165, 1.54) is 11.3 Å². The molecule has 4 rings (SSSR count). The zero-order chi connectivity index (χ0) is 27.6. The highest BCUT2D eigenvalue weighted by Crippen LogP contribution is 2.41. The van der Waals surface area contributed by atoms with Crippen molar-refractivity contribution in [3.63, 3.8) is 0 Å². The van der Waals surface area contributed by atoms with Crippen LogP contribution in [0.2, 0.25) is 0 Å². The van der Waals surface area contributed by atoms with E-state index < -0.39 is 12.0 Å². The summed E-state index contributed by atoms with van der Waals surface area (Å²) in [6.45, 7) is 7.97. The maximum Gasteiger partial charge on any atom is 0.338 e. The minimum atomic E-state index is -0.793. The fourth-order valence-corrected chi connectivity index (χ4v) is 5.94. The Morgan fingerprint density at radius 1 is 1.08 bits per heavy atom. The van der Waals surface area contributed by atoms with Crippen LogP contribution in [0.3, 0.4) is 0 Å². The van der Waals surface area contributed by atoms with Gasteiger partial charge in [-0.05, 0) is 68.7 Å². The monoisotopic (exact) mass is 600 g/mol. The number of ether oxygens (including phenoxy) is 4. The lowest BCUT2D eigenvalue weighted by molar-refractivity contribution is -0.139. The van der Waals surface area contributed by atoms with E-state index in [1.54, 1.807) is 50.8 Å². The molecule has 0 aliphatic carbocycles. The molecule has 200 valence electrons. The van der Waals surface area contributed by atoms with Crippen molar-refractivity contribution in [3.8, 4) is 17.2 Å². The third-order valence-corrected chi connectivity index (χ3v) is 7.79. The van der Waals surface area contributed by atoms with Crippen molar-refractivity contribution in [1.82, 2.24) is 4.57 Å². The quantitative estimate of drug-likeness (QED) is 0.359. The van der Waals surface area contributed by atoms with E-state index in [1.807, 2.05) is 32.0 Å². The Morgan fingerprint density at radius 3 is 2.47 bits per heavy atom. The highest BCUT2D eigenvalue weighted by atomic mass is 79.9. The Kier molecular flexibility index (Phi) is 8.42. The zero-order valence-corrected chi connectivity index (χ0v) is 24.5. The van der Waals surface area contributed by atoms with E-state index in [-0.39, 0.29) is 17.7 Å². The number of aryl methyl sites for hydroxylation is 1. The molecular formula is C28H29BrN2O6S. The summed E-state index contributed by atoms with van der Waals surface area (Å²) >= 11 is 4.90. The van der Waals surface area contributed by atoms with E-state index in [0.29, 0.717) is 43.2 Å². The molecule has 0 unspecified atom stereocenters. The van der Waals surface area contributed by atoms with Gasteiger partial charge in [-0.1, -0.05) is 39.4 Å². The standard InChI is InChI=1S/C28H29BrN2O6S/c1-7-36-22-14-19(29)18(13-21(22)35-6)25-24(27(33)37-8-2)16(4)30-28-31(25)26(32)23(38-28)12-17-10-9-15(3)20(11-17)34-5/h9-14,25H,7-8H2,1-6H3/b23-12+/t25-/m0/s1. The van der Waals surface area contributed by atoms with Gasteiger partial charge in [0, 0.05) is 4.47 Å². The Morgan fingerprint density at radius 2 is 1.82 bits per heavy atom. The van der Waals surface area contributed by atoms with Crippen LogP contribution in [0, 0.1) is 6.92 Å². The molecule has 1 aliphatic heterocycles. The number of carbonyl (C=O) groups excluding carboxylic acids is 1. The summed E-state index contributed by atoms with van der Waals surface area (Å²) in [4.78, 5) is 32.2. The molecule has 0 saturated heterocycles. The number of esters is 1. The number of hydrogen-bond donors (Lipinski definition) is 0. The highest BCUT2D eigenvalue weighted by molar-refractivity contribution is 9.10. The van der Waals surface area contributed by atoms with Crippen molar-refractivity contribution in [3.05, 3.63) is 82.5 Å². The van der Waals surface area contributed by atoms with E-state index >= 15 is 0 Å². The maximum absolute atomic E-state index is 13.9. The summed E-state index contributed by atoms with van der Waals surface area (Å²) in [5, 5.41) is 0. The smallest absolute Gasteiger partial charge is 0.338 e. The first kappa shape index (κ1) is 27.7. The van der Waals surface area contributed by atoms with Crippen LogP contribution in [0.1, 0.15) is 43.5 Å². The third-order valence-electron chi connectivity index (χ3n) is 6.12. The molecule has 0 spiro atoms. The lowest BCUT2D eigenvalue weighted by Crippen LogP contribution is -2.40. The van der Waals surface area contributed by atoms with Crippen molar-refractivity contribution < 1.29 is 23.7 Å². The lowest BCUT2D eigenvalue weighted by atomic mass is 9.95. The second-order valence-electron chi connectivity index (χ2n) is 8.49. The van der Waals surface area contributed by atoms with Crippen LogP contribution in [0.4, 0.5) is 0 Å². The maximum atomic E-state index is 13.9. The molecule has 0 radical (unpaired) electrons. The molecule has 1 aromatic heterocycles. The molecule has 3 aromatic rings. The van der Waals surface area contributed by atoms with Crippen LogP contribution >= 0.6 is 27.3 Å². The van der Waals surface area contributed by atoms with Crippen LogP contribution < -0.4 is 29.1 Å². The number of allylic oxidation sites excluding steroid dienone is 1. The largest absolute Gasteiger partial charge is 0.496 e. The summed E-state index contributed by atoms with van der Waals surface area (Å²) in [5.74, 6) is 1.23. The van der Waals surface area contributed by atoms with Crippen LogP contribution in [0.15, 0.2) is 55.9 Å². The van der Waals surface area contributed by atoms with Crippen molar-refractivity contribution >= 4 is 39.3 Å². The van der Waals surface area contributed by atoms with E-state index in [2.05, 4.69) is 20.9 Å². The Bertz CT molecular complexity index is 1600. The molecular weight excluding hydrogens is 572 g/mol. The molecule has 2 aromatic carbocycles. The molecule has 0 amide bonds. The number of methoxy groups -OCH3 is 2. The van der Waals surface area contributed by atoms with Gasteiger partial charge in [-0.25, -0.2) is 9.79 Å². The Balaban J connectivity index is 1.99. The van der Waals surface area contributed by atoms with Gasteiger partial charge in [-0.15, -0.1) is 0 Å². The summed E-state index contributed by atoms with van der Waals surface area (Å²) in [5.41, 5.74) is 2.96. The van der Waals surface area contributed by atoms with Crippen molar-refractivity contribution in [2.24, 2.45) is 4.99 Å². The molecule has 0 fully saturated rings. The van der Waals surface area contributed by atoms with Gasteiger partial charge in [0.15, 0.2) is 16.3 Å². The van der Waals surface area contributed by atoms with Gasteiger partial charge < -0.3 is 18.9 Å². The van der Waals surface area contributed by atoms with Gasteiger partial charge in [0.1, 0.15) is 5.75 Å². The summed E-state index contributed by atoms with van der Waals surface area (Å²) in [6, 6.07) is 8.52. The number of thiazole rings is 1. The van der Waals surface area contributed by atoms with Crippen LogP contribution in [0.5, 0.6) is 17.2 Å². The number of nitrogens with zero attached hydrogens (tertiary/aromatic N) is 2. The summed E-state index contributed by atoms with van der Waals surface area (Å²) < 4.78 is 24.8. The molecule has 1 atom stereocenters. The zero-order valence-electron chi connectivity index (χ0n) is 22.1. The normalized spacial score (nSPS) is 15.1. The lowest BCUT2D eigenvalue weighted by Gasteiger charge is -2.26. The van der Waals surface area contributed by atoms with Crippen LogP contribution in [-0.4, -0.2) is 38.0 Å². The first-order chi connectivity index (χ1) is 18.2. The van der Waals surface area contributed by atoms with E-state index in [4.69, 9.17) is 18.9 Å².